The lowest BCUT2D eigenvalue weighted by Crippen LogP contribution is -2.13. The van der Waals surface area contributed by atoms with Gasteiger partial charge in [0.2, 0.25) is 0 Å². The lowest BCUT2D eigenvalue weighted by atomic mass is 10.2. The maximum absolute atomic E-state index is 8.70. The monoisotopic (exact) mass is 101 g/mol. The third kappa shape index (κ3) is 1.45. The molecule has 0 atom stereocenters. The molecule has 1 heterocycles. The molecule has 2 nitrogen and oxygen atoms in total. The van der Waals surface area contributed by atoms with Gasteiger partial charge in [0, 0.05) is 6.61 Å². The van der Waals surface area contributed by atoms with E-state index in [2.05, 4.69) is 0 Å². The fourth-order valence-corrected chi connectivity index (χ4v) is 0.640. The maximum atomic E-state index is 8.70. The van der Waals surface area contributed by atoms with E-state index in [1.54, 1.807) is 0 Å². The van der Waals surface area contributed by atoms with Crippen LogP contribution < -0.4 is 0 Å². The Kier molecular flexibility index (Phi) is 1.65. The summed E-state index contributed by atoms with van der Waals surface area (Å²) < 4.78 is 4.89. The molecule has 1 saturated heterocycles. The topological polar surface area (TPSA) is 29.5 Å². The van der Waals surface area contributed by atoms with Crippen LogP contribution >= 0.6 is 0 Å². The van der Waals surface area contributed by atoms with E-state index in [0.29, 0.717) is 12.7 Å². The van der Waals surface area contributed by atoms with Crippen molar-refractivity contribution in [2.75, 3.05) is 13.2 Å². The van der Waals surface area contributed by atoms with Gasteiger partial charge in [-0.05, 0) is 12.8 Å². The van der Waals surface area contributed by atoms with Crippen LogP contribution in [0, 0.1) is 6.10 Å². The summed E-state index contributed by atoms with van der Waals surface area (Å²) >= 11 is 0. The molecule has 41 valence electrons. The summed E-state index contributed by atoms with van der Waals surface area (Å²) in [5.74, 6) is 0. The Morgan fingerprint density at radius 1 is 1.57 bits per heavy atom. The standard InChI is InChI=1S/C5H9O2/c6-5-2-1-3-7-4-5/h6H,1-4H2. The van der Waals surface area contributed by atoms with E-state index >= 15 is 0 Å². The van der Waals surface area contributed by atoms with Crippen molar-refractivity contribution in [1.29, 1.82) is 0 Å². The van der Waals surface area contributed by atoms with Crippen LogP contribution in [0.4, 0.5) is 0 Å². The molecule has 1 fully saturated rings. The van der Waals surface area contributed by atoms with E-state index in [-0.39, 0.29) is 0 Å². The van der Waals surface area contributed by atoms with Crippen LogP contribution in [-0.4, -0.2) is 18.3 Å². The zero-order valence-electron chi connectivity index (χ0n) is 4.18. The normalized spacial score (nSPS) is 25.3. The summed E-state index contributed by atoms with van der Waals surface area (Å²) in [6.07, 6.45) is 2.30. The van der Waals surface area contributed by atoms with Crippen molar-refractivity contribution in [1.82, 2.24) is 0 Å². The highest BCUT2D eigenvalue weighted by molar-refractivity contribution is 4.77. The zero-order valence-corrected chi connectivity index (χ0v) is 4.18. The predicted octanol–water partition coefficient (Wildman–Crippen LogP) is 0.701. The second-order valence-electron chi connectivity index (χ2n) is 1.72. The Bertz CT molecular complexity index is 48.0. The number of ether oxygens (including phenoxy) is 1. The molecule has 0 aliphatic carbocycles. The third-order valence-corrected chi connectivity index (χ3v) is 1.02. The fraction of sp³-hybridized carbons (Fsp3) is 0.800. The fourth-order valence-electron chi connectivity index (χ4n) is 0.640. The Morgan fingerprint density at radius 3 is 2.71 bits per heavy atom. The van der Waals surface area contributed by atoms with Crippen molar-refractivity contribution in [3.8, 4) is 0 Å². The molecule has 0 saturated carbocycles. The largest absolute Gasteiger partial charge is 0.384 e. The lowest BCUT2D eigenvalue weighted by Gasteiger charge is -2.14. The van der Waals surface area contributed by atoms with E-state index in [9.17, 15) is 0 Å². The Balaban J connectivity index is 2.12. The molecule has 1 N–H and O–H groups in total. The van der Waals surface area contributed by atoms with Gasteiger partial charge in [0.1, 0.15) is 6.10 Å². The van der Waals surface area contributed by atoms with Crippen LogP contribution in [0.5, 0.6) is 0 Å². The molecule has 1 aliphatic rings. The molecule has 1 radical (unpaired) electrons. The summed E-state index contributed by atoms with van der Waals surface area (Å²) in [5, 5.41) is 8.70. The van der Waals surface area contributed by atoms with Crippen LogP contribution in [0.15, 0.2) is 0 Å². The molecule has 2 heteroatoms. The lowest BCUT2D eigenvalue weighted by molar-refractivity contribution is 0.0537. The van der Waals surface area contributed by atoms with Crippen LogP contribution in [0.25, 0.3) is 0 Å². The predicted molar refractivity (Wildman–Crippen MR) is 25.2 cm³/mol. The first-order valence-corrected chi connectivity index (χ1v) is 2.51. The van der Waals surface area contributed by atoms with Gasteiger partial charge in [0.25, 0.3) is 0 Å². The summed E-state index contributed by atoms with van der Waals surface area (Å²) in [6.45, 7) is 1.27. The van der Waals surface area contributed by atoms with Gasteiger partial charge in [-0.25, -0.2) is 0 Å². The van der Waals surface area contributed by atoms with E-state index in [1.165, 1.54) is 0 Å². The molecule has 0 unspecified atom stereocenters. The van der Waals surface area contributed by atoms with Crippen LogP contribution in [-0.2, 0) is 4.74 Å². The van der Waals surface area contributed by atoms with Gasteiger partial charge in [0.05, 0.1) is 6.61 Å². The van der Waals surface area contributed by atoms with Gasteiger partial charge in [-0.3, -0.25) is 0 Å². The smallest absolute Gasteiger partial charge is 0.119 e. The van der Waals surface area contributed by atoms with Crippen LogP contribution in [0.2, 0.25) is 0 Å². The minimum absolute atomic E-state index is 0.458. The maximum Gasteiger partial charge on any atom is 0.119 e. The first-order chi connectivity index (χ1) is 3.39. The van der Waals surface area contributed by atoms with Gasteiger partial charge in [0.15, 0.2) is 0 Å². The number of aliphatic hydroxyl groups is 1. The number of rotatable bonds is 0. The molecular weight excluding hydrogens is 92.1 g/mol. The summed E-state index contributed by atoms with van der Waals surface area (Å²) in [6, 6.07) is 0. The quantitative estimate of drug-likeness (QED) is 0.486. The van der Waals surface area contributed by atoms with E-state index in [1.807, 2.05) is 0 Å². The van der Waals surface area contributed by atoms with Gasteiger partial charge in [-0.15, -0.1) is 0 Å². The van der Waals surface area contributed by atoms with E-state index < -0.39 is 0 Å². The zero-order chi connectivity index (χ0) is 5.11. The summed E-state index contributed by atoms with van der Waals surface area (Å²) in [7, 11) is 0. The van der Waals surface area contributed by atoms with E-state index in [4.69, 9.17) is 9.84 Å². The van der Waals surface area contributed by atoms with Gasteiger partial charge in [-0.1, -0.05) is 0 Å². The minimum Gasteiger partial charge on any atom is -0.384 e. The molecule has 1 rings (SSSR count). The van der Waals surface area contributed by atoms with Crippen LogP contribution in [0.1, 0.15) is 12.8 Å². The Morgan fingerprint density at radius 2 is 2.43 bits per heavy atom. The molecule has 0 amide bonds. The second kappa shape index (κ2) is 2.28. The second-order valence-corrected chi connectivity index (χ2v) is 1.72. The Hall–Kier alpha value is -0.0800. The highest BCUT2D eigenvalue weighted by Crippen LogP contribution is 2.10. The van der Waals surface area contributed by atoms with Crippen molar-refractivity contribution >= 4 is 0 Å². The molecule has 0 aromatic rings. The first-order valence-electron chi connectivity index (χ1n) is 2.51. The van der Waals surface area contributed by atoms with Crippen molar-refractivity contribution in [3.05, 3.63) is 6.10 Å². The van der Waals surface area contributed by atoms with Crippen molar-refractivity contribution in [2.24, 2.45) is 0 Å². The molecule has 0 spiro atoms. The highest BCUT2D eigenvalue weighted by Gasteiger charge is 2.09. The van der Waals surface area contributed by atoms with Crippen molar-refractivity contribution in [3.63, 3.8) is 0 Å². The van der Waals surface area contributed by atoms with Crippen molar-refractivity contribution in [2.45, 2.75) is 12.8 Å². The SMILES string of the molecule is O[C]1CCCOC1. The van der Waals surface area contributed by atoms with Gasteiger partial charge in [-0.2, -0.15) is 0 Å². The average molecular weight is 101 g/mol. The molecular formula is C5H9O2. The summed E-state index contributed by atoms with van der Waals surface area (Å²) in [5.41, 5.74) is 0. The highest BCUT2D eigenvalue weighted by atomic mass is 16.5. The van der Waals surface area contributed by atoms with Crippen molar-refractivity contribution < 1.29 is 9.84 Å². The molecule has 0 aromatic heterocycles. The molecule has 0 bridgehead atoms. The summed E-state index contributed by atoms with van der Waals surface area (Å²) in [4.78, 5) is 0. The van der Waals surface area contributed by atoms with Gasteiger partial charge >= 0.3 is 0 Å². The minimum atomic E-state index is 0.458. The Labute approximate surface area is 43.1 Å². The third-order valence-electron chi connectivity index (χ3n) is 1.02. The number of hydrogen-bond donors (Lipinski definition) is 1. The molecule has 1 aliphatic heterocycles. The average Bonchev–Trinajstić information content (AvgIpc) is 1.69. The first kappa shape index (κ1) is 5.06. The number of hydrogen-bond acceptors (Lipinski definition) is 2. The number of aliphatic hydroxyl groups excluding tert-OH is 1. The van der Waals surface area contributed by atoms with Gasteiger partial charge < -0.3 is 9.84 Å². The van der Waals surface area contributed by atoms with Crippen LogP contribution in [0.3, 0.4) is 0 Å². The van der Waals surface area contributed by atoms with E-state index in [0.717, 1.165) is 19.4 Å². The molecule has 0 aromatic carbocycles. The molecule has 7 heavy (non-hydrogen) atoms.